The molecule has 1 aromatic rings. The van der Waals surface area contributed by atoms with Crippen LogP contribution in [0, 0.1) is 0 Å². The molecule has 0 saturated carbocycles. The predicted octanol–water partition coefficient (Wildman–Crippen LogP) is 2.67. The highest BCUT2D eigenvalue weighted by Crippen LogP contribution is 1.93. The van der Waals surface area contributed by atoms with Gasteiger partial charge in [-0.1, -0.05) is 12.1 Å². The third-order valence-corrected chi connectivity index (χ3v) is 1.65. The Labute approximate surface area is 65.0 Å². The Morgan fingerprint density at radius 1 is 1.20 bits per heavy atom. The molecule has 1 aliphatic heterocycles. The molecule has 0 N–H and O–H groups in total. The van der Waals surface area contributed by atoms with Gasteiger partial charge >= 0.3 is 0 Å². The molecule has 2 heteroatoms. The topological polar surface area (TPSA) is 9.23 Å². The van der Waals surface area contributed by atoms with Crippen molar-refractivity contribution in [3.05, 3.63) is 35.2 Å². The van der Waals surface area contributed by atoms with Gasteiger partial charge in [-0.2, -0.15) is 11.3 Å². The second kappa shape index (κ2) is 5.06. The molecule has 1 aromatic heterocycles. The maximum Gasteiger partial charge on any atom is 0.0908 e. The van der Waals surface area contributed by atoms with Gasteiger partial charge in [-0.05, 0) is 16.8 Å². The van der Waals surface area contributed by atoms with E-state index in [4.69, 9.17) is 4.74 Å². The van der Waals surface area contributed by atoms with Crippen LogP contribution in [0.3, 0.4) is 0 Å². The van der Waals surface area contributed by atoms with Crippen molar-refractivity contribution in [1.82, 2.24) is 0 Å². The molecule has 2 heterocycles. The number of hydrogen-bond donors (Lipinski definition) is 0. The van der Waals surface area contributed by atoms with Crippen molar-refractivity contribution in [3.8, 4) is 0 Å². The van der Waals surface area contributed by atoms with E-state index in [9.17, 15) is 0 Å². The van der Waals surface area contributed by atoms with Crippen LogP contribution >= 0.6 is 11.3 Å². The van der Waals surface area contributed by atoms with Crippen LogP contribution in [-0.4, -0.2) is 6.61 Å². The van der Waals surface area contributed by atoms with Crippen LogP contribution in [0.1, 0.15) is 6.42 Å². The zero-order chi connectivity index (χ0) is 7.07. The quantitative estimate of drug-likeness (QED) is 0.558. The maximum atomic E-state index is 4.76. The van der Waals surface area contributed by atoms with E-state index in [1.54, 1.807) is 17.6 Å². The largest absolute Gasteiger partial charge is 0.501 e. The van der Waals surface area contributed by atoms with Crippen LogP contribution in [0.15, 0.2) is 35.2 Å². The fourth-order valence-corrected chi connectivity index (χ4v) is 1.02. The van der Waals surface area contributed by atoms with E-state index in [0.29, 0.717) is 0 Å². The van der Waals surface area contributed by atoms with Crippen LogP contribution < -0.4 is 0 Å². The molecule has 2 rings (SSSR count). The molecule has 0 aliphatic carbocycles. The molecular formula is C8H10OS. The number of ether oxygens (including phenoxy) is 1. The molecule has 1 aliphatic rings. The SMILES string of the molecule is C1=COCC1.c1ccsc1. The van der Waals surface area contributed by atoms with Crippen LogP contribution in [0.5, 0.6) is 0 Å². The van der Waals surface area contributed by atoms with E-state index in [1.165, 1.54) is 0 Å². The molecular weight excluding hydrogens is 144 g/mol. The summed E-state index contributed by atoms with van der Waals surface area (Å²) in [6.45, 7) is 0.889. The highest BCUT2D eigenvalue weighted by molar-refractivity contribution is 7.07. The second-order valence-electron chi connectivity index (χ2n) is 1.82. The van der Waals surface area contributed by atoms with Gasteiger partial charge in [0.05, 0.1) is 12.9 Å². The summed E-state index contributed by atoms with van der Waals surface area (Å²) in [6, 6.07) is 4.04. The van der Waals surface area contributed by atoms with Crippen LogP contribution in [0.4, 0.5) is 0 Å². The van der Waals surface area contributed by atoms with E-state index in [1.807, 2.05) is 29.0 Å². The van der Waals surface area contributed by atoms with Gasteiger partial charge in [0.15, 0.2) is 0 Å². The fourth-order valence-electron chi connectivity index (χ4n) is 0.567. The van der Waals surface area contributed by atoms with E-state index >= 15 is 0 Å². The van der Waals surface area contributed by atoms with Gasteiger partial charge in [0.25, 0.3) is 0 Å². The summed E-state index contributed by atoms with van der Waals surface area (Å²) in [5, 5.41) is 4.08. The molecule has 0 spiro atoms. The first-order valence-corrected chi connectivity index (χ1v) is 4.18. The Morgan fingerprint density at radius 2 is 2.00 bits per heavy atom. The first-order valence-electron chi connectivity index (χ1n) is 3.24. The summed E-state index contributed by atoms with van der Waals surface area (Å²) < 4.78 is 4.76. The monoisotopic (exact) mass is 154 g/mol. The minimum atomic E-state index is 0.889. The lowest BCUT2D eigenvalue weighted by molar-refractivity contribution is 0.281. The summed E-state index contributed by atoms with van der Waals surface area (Å²) in [5.41, 5.74) is 0. The Kier molecular flexibility index (Phi) is 3.72. The minimum absolute atomic E-state index is 0.889. The van der Waals surface area contributed by atoms with Gasteiger partial charge < -0.3 is 4.74 Å². The third-order valence-electron chi connectivity index (χ3n) is 1.02. The molecule has 0 amide bonds. The van der Waals surface area contributed by atoms with Gasteiger partial charge in [0.2, 0.25) is 0 Å². The minimum Gasteiger partial charge on any atom is -0.501 e. The van der Waals surface area contributed by atoms with Crippen LogP contribution in [0.2, 0.25) is 0 Å². The van der Waals surface area contributed by atoms with Crippen molar-refractivity contribution in [1.29, 1.82) is 0 Å². The molecule has 0 fully saturated rings. The maximum absolute atomic E-state index is 4.76. The van der Waals surface area contributed by atoms with E-state index in [-0.39, 0.29) is 0 Å². The highest BCUT2D eigenvalue weighted by atomic mass is 32.1. The number of hydrogen-bond acceptors (Lipinski definition) is 2. The Balaban J connectivity index is 0.0000001000. The van der Waals surface area contributed by atoms with Crippen molar-refractivity contribution < 1.29 is 4.74 Å². The highest BCUT2D eigenvalue weighted by Gasteiger charge is 1.83. The lowest BCUT2D eigenvalue weighted by Crippen LogP contribution is -1.70. The van der Waals surface area contributed by atoms with E-state index in [2.05, 4.69) is 0 Å². The second-order valence-corrected chi connectivity index (χ2v) is 2.64. The van der Waals surface area contributed by atoms with Crippen molar-refractivity contribution in [2.45, 2.75) is 6.42 Å². The van der Waals surface area contributed by atoms with Crippen molar-refractivity contribution in [3.63, 3.8) is 0 Å². The third kappa shape index (κ3) is 3.30. The average molecular weight is 154 g/mol. The smallest absolute Gasteiger partial charge is 0.0908 e. The van der Waals surface area contributed by atoms with Crippen molar-refractivity contribution in [2.24, 2.45) is 0 Å². The molecule has 1 nitrogen and oxygen atoms in total. The zero-order valence-electron chi connectivity index (χ0n) is 5.69. The zero-order valence-corrected chi connectivity index (χ0v) is 6.51. The molecule has 0 bridgehead atoms. The standard InChI is InChI=1S/C4H6O.C4H4S/c2*1-2-4-5-3-1/h1,3H,2,4H2;1-4H. The molecule has 0 saturated heterocycles. The summed E-state index contributed by atoms with van der Waals surface area (Å²) in [5.74, 6) is 0. The van der Waals surface area contributed by atoms with Gasteiger partial charge in [-0.3, -0.25) is 0 Å². The van der Waals surface area contributed by atoms with Crippen molar-refractivity contribution in [2.75, 3.05) is 6.61 Å². The average Bonchev–Trinajstić information content (AvgIpc) is 2.67. The molecule has 0 unspecified atom stereocenters. The lowest BCUT2D eigenvalue weighted by Gasteiger charge is -1.79. The lowest BCUT2D eigenvalue weighted by atomic mass is 10.5. The molecule has 54 valence electrons. The fraction of sp³-hybridized carbons (Fsp3) is 0.250. The summed E-state index contributed by atoms with van der Waals surface area (Å²) in [4.78, 5) is 0. The Bertz CT molecular complexity index is 144. The Morgan fingerprint density at radius 3 is 2.20 bits per heavy atom. The van der Waals surface area contributed by atoms with E-state index in [0.717, 1.165) is 13.0 Å². The van der Waals surface area contributed by atoms with Gasteiger partial charge in [-0.15, -0.1) is 0 Å². The first kappa shape index (κ1) is 7.35. The molecule has 10 heavy (non-hydrogen) atoms. The summed E-state index contributed by atoms with van der Waals surface area (Å²) in [7, 11) is 0. The van der Waals surface area contributed by atoms with Gasteiger partial charge in [-0.25, -0.2) is 0 Å². The number of thiophene rings is 1. The molecule has 0 atom stereocenters. The van der Waals surface area contributed by atoms with Crippen molar-refractivity contribution >= 4 is 11.3 Å². The van der Waals surface area contributed by atoms with Gasteiger partial charge in [0, 0.05) is 6.42 Å². The van der Waals surface area contributed by atoms with Crippen LogP contribution in [0.25, 0.3) is 0 Å². The van der Waals surface area contributed by atoms with Crippen LogP contribution in [-0.2, 0) is 4.74 Å². The van der Waals surface area contributed by atoms with E-state index < -0.39 is 0 Å². The summed E-state index contributed by atoms with van der Waals surface area (Å²) in [6.07, 6.45) is 4.85. The predicted molar refractivity (Wildman–Crippen MR) is 44.0 cm³/mol. The first-order chi connectivity index (χ1) is 5.00. The number of rotatable bonds is 0. The molecule has 0 radical (unpaired) electrons. The Hall–Kier alpha value is -0.760. The summed E-state index contributed by atoms with van der Waals surface area (Å²) >= 11 is 1.71. The van der Waals surface area contributed by atoms with Gasteiger partial charge in [0.1, 0.15) is 0 Å². The molecule has 0 aromatic carbocycles. The normalized spacial score (nSPS) is 13.6.